The van der Waals surface area contributed by atoms with E-state index in [1.165, 1.54) is 6.92 Å². The van der Waals surface area contributed by atoms with Crippen LogP contribution >= 0.6 is 7.82 Å². The van der Waals surface area contributed by atoms with Crippen molar-refractivity contribution < 1.29 is 57.6 Å². The number of hydrogen-bond acceptors (Lipinski definition) is 11. The van der Waals surface area contributed by atoms with Crippen molar-refractivity contribution in [2.75, 3.05) is 26.4 Å². The van der Waals surface area contributed by atoms with E-state index in [1.807, 2.05) is 20.8 Å². The summed E-state index contributed by atoms with van der Waals surface area (Å²) in [6, 6.07) is -1.00. The summed E-state index contributed by atoms with van der Waals surface area (Å²) in [5.74, 6) is -0.436. The van der Waals surface area contributed by atoms with E-state index in [1.54, 1.807) is 20.8 Å². The molecular weight excluding hydrogens is 551 g/mol. The molecule has 7 atom stereocenters. The summed E-state index contributed by atoms with van der Waals surface area (Å²) in [4.78, 5) is 33.7. The molecule has 1 aliphatic heterocycles. The molecule has 6 N–H and O–H groups in total. The maximum absolute atomic E-state index is 12.4. The van der Waals surface area contributed by atoms with Gasteiger partial charge >= 0.3 is 13.9 Å². The molecule has 0 aromatic heterocycles. The minimum atomic E-state index is -4.38. The normalized spacial score (nSPS) is 26.0. The van der Waals surface area contributed by atoms with Gasteiger partial charge in [0.15, 0.2) is 6.29 Å². The number of aliphatic hydroxyl groups is 3. The average Bonchev–Trinajstić information content (AvgIpc) is 2.78. The number of phosphoric acid groups is 1. The minimum Gasteiger partial charge on any atom is -0.447 e. The number of alkyl carbamates (subject to hydrolysis) is 1. The number of carbonyl (C=O) groups is 2. The van der Waals surface area contributed by atoms with E-state index < -0.39 is 68.8 Å². The topological polar surface area (TPSA) is 202 Å². The highest BCUT2D eigenvalue weighted by Gasteiger charge is 2.45. The molecule has 1 aliphatic rings. The third-order valence-corrected chi connectivity index (χ3v) is 6.88. The second-order valence-corrected chi connectivity index (χ2v) is 13.4. The van der Waals surface area contributed by atoms with Gasteiger partial charge in [0.05, 0.1) is 12.2 Å². The Kier molecular flexibility index (Phi) is 15.0. The monoisotopic (exact) mass is 600 g/mol. The van der Waals surface area contributed by atoms with E-state index in [9.17, 15) is 34.4 Å². The van der Waals surface area contributed by atoms with Gasteiger partial charge in [-0.2, -0.15) is 0 Å². The number of amides is 2. The Labute approximate surface area is 236 Å². The summed E-state index contributed by atoms with van der Waals surface area (Å²) in [5.41, 5.74) is -1.17. The van der Waals surface area contributed by atoms with Crippen molar-refractivity contribution in [2.45, 2.75) is 116 Å². The largest absolute Gasteiger partial charge is 0.473 e. The lowest BCUT2D eigenvalue weighted by Crippen LogP contribution is -2.64. The van der Waals surface area contributed by atoms with Crippen molar-refractivity contribution >= 4 is 19.8 Å². The summed E-state index contributed by atoms with van der Waals surface area (Å²) in [6.45, 7) is 11.7. The molecule has 15 heteroatoms. The van der Waals surface area contributed by atoms with Gasteiger partial charge in [-0.15, -0.1) is 0 Å². The number of ether oxygens (including phenoxy) is 3. The molecule has 1 heterocycles. The van der Waals surface area contributed by atoms with Crippen molar-refractivity contribution in [3.05, 3.63) is 0 Å². The third-order valence-electron chi connectivity index (χ3n) is 5.54. The van der Waals surface area contributed by atoms with Crippen LogP contribution in [-0.4, -0.2) is 101 Å². The summed E-state index contributed by atoms with van der Waals surface area (Å²) in [6.07, 6.45) is -4.26. The van der Waals surface area contributed by atoms with Crippen molar-refractivity contribution in [3.63, 3.8) is 0 Å². The highest BCUT2D eigenvalue weighted by atomic mass is 31.2. The molecular formula is C25H49N2O12P. The molecule has 1 rings (SSSR count). The van der Waals surface area contributed by atoms with Gasteiger partial charge in [-0.3, -0.25) is 13.8 Å². The Bertz CT molecular complexity index is 832. The lowest BCUT2D eigenvalue weighted by Gasteiger charge is -2.42. The molecule has 0 aromatic carbocycles. The molecule has 0 radical (unpaired) electrons. The fraction of sp³-hybridized carbons (Fsp3) is 0.920. The van der Waals surface area contributed by atoms with Gasteiger partial charge in [0.2, 0.25) is 5.91 Å². The Balaban J connectivity index is 2.42. The van der Waals surface area contributed by atoms with Crippen molar-refractivity contribution in [1.82, 2.24) is 10.6 Å². The van der Waals surface area contributed by atoms with Crippen LogP contribution in [0.3, 0.4) is 0 Å². The number of phosphoric ester groups is 1. The SMILES string of the molecule is CC(=O)N[C@H]1[C@H](OCCCCCNC(=O)OC[C@@H](CC(C)(C)C)OP(=O)(O)OC(C)(C)C)O[C@H](CO)[C@H](O)[C@@H]1O. The first-order valence-electron chi connectivity index (χ1n) is 13.5. The molecule has 236 valence electrons. The minimum absolute atomic E-state index is 0.204. The Morgan fingerprint density at radius 1 is 1.05 bits per heavy atom. The van der Waals surface area contributed by atoms with Gasteiger partial charge in [-0.05, 0) is 51.9 Å². The second kappa shape index (κ2) is 16.3. The molecule has 1 fully saturated rings. The predicted molar refractivity (Wildman–Crippen MR) is 144 cm³/mol. The first-order valence-corrected chi connectivity index (χ1v) is 15.0. The molecule has 14 nitrogen and oxygen atoms in total. The first kappa shape index (κ1) is 36.7. The molecule has 40 heavy (non-hydrogen) atoms. The summed E-state index contributed by atoms with van der Waals surface area (Å²) < 4.78 is 39.2. The summed E-state index contributed by atoms with van der Waals surface area (Å²) in [7, 11) is -4.38. The lowest BCUT2D eigenvalue weighted by atomic mass is 9.89. The quantitative estimate of drug-likeness (QED) is 0.117. The standard InChI is InChI=1S/C25H49N2O12P/c1-16(29)27-19-21(31)20(30)18(14-28)37-22(19)35-12-10-8-9-11-26-23(32)36-15-17(13-24(2,3)4)38-40(33,34)39-25(5,6)7/h17-22,28,30-31H,8-15H2,1-7H3,(H,26,32)(H,27,29)(H,33,34)/t17-,18-,19-,20+,21-,22-/m1/s1. The molecule has 0 aliphatic carbocycles. The van der Waals surface area contributed by atoms with Crippen LogP contribution in [-0.2, 0) is 32.6 Å². The maximum Gasteiger partial charge on any atom is 0.473 e. The van der Waals surface area contributed by atoms with Gasteiger partial charge in [-0.1, -0.05) is 20.8 Å². The molecule has 1 saturated heterocycles. The van der Waals surface area contributed by atoms with Gasteiger partial charge < -0.3 is 45.1 Å². The van der Waals surface area contributed by atoms with E-state index >= 15 is 0 Å². The fourth-order valence-electron chi connectivity index (χ4n) is 3.99. The van der Waals surface area contributed by atoms with E-state index in [0.29, 0.717) is 32.2 Å². The molecule has 1 unspecified atom stereocenters. The van der Waals surface area contributed by atoms with Crippen LogP contribution in [0.4, 0.5) is 4.79 Å². The van der Waals surface area contributed by atoms with Crippen LogP contribution < -0.4 is 10.6 Å². The third kappa shape index (κ3) is 15.0. The highest BCUT2D eigenvalue weighted by Crippen LogP contribution is 2.49. The number of rotatable bonds is 15. The number of hydrogen-bond donors (Lipinski definition) is 6. The molecule has 0 spiro atoms. The fourth-order valence-corrected chi connectivity index (χ4v) is 5.24. The van der Waals surface area contributed by atoms with Crippen LogP contribution in [0.5, 0.6) is 0 Å². The van der Waals surface area contributed by atoms with Crippen LogP contribution in [0.1, 0.15) is 74.1 Å². The van der Waals surface area contributed by atoms with E-state index in [4.69, 9.17) is 23.3 Å². The van der Waals surface area contributed by atoms with Crippen molar-refractivity contribution in [3.8, 4) is 0 Å². The van der Waals surface area contributed by atoms with Gasteiger partial charge in [0.25, 0.3) is 0 Å². The Morgan fingerprint density at radius 2 is 1.70 bits per heavy atom. The zero-order valence-electron chi connectivity index (χ0n) is 24.6. The molecule has 0 aromatic rings. The van der Waals surface area contributed by atoms with Crippen LogP contribution in [0.15, 0.2) is 0 Å². The zero-order valence-corrected chi connectivity index (χ0v) is 25.5. The van der Waals surface area contributed by atoms with E-state index in [2.05, 4.69) is 10.6 Å². The van der Waals surface area contributed by atoms with Crippen LogP contribution in [0.2, 0.25) is 0 Å². The summed E-state index contributed by atoms with van der Waals surface area (Å²) in [5, 5.41) is 34.8. The second-order valence-electron chi connectivity index (χ2n) is 12.1. The van der Waals surface area contributed by atoms with Crippen molar-refractivity contribution in [2.24, 2.45) is 5.41 Å². The van der Waals surface area contributed by atoms with Crippen LogP contribution in [0, 0.1) is 5.41 Å². The van der Waals surface area contributed by atoms with Crippen LogP contribution in [0.25, 0.3) is 0 Å². The maximum atomic E-state index is 12.4. The smallest absolute Gasteiger partial charge is 0.447 e. The van der Waals surface area contributed by atoms with E-state index in [0.717, 1.165) is 0 Å². The molecule has 0 saturated carbocycles. The number of unbranched alkanes of at least 4 members (excludes halogenated alkanes) is 2. The molecule has 0 bridgehead atoms. The Hall–Kier alpha value is -1.35. The van der Waals surface area contributed by atoms with Gasteiger partial charge in [0, 0.05) is 20.1 Å². The predicted octanol–water partition coefficient (Wildman–Crippen LogP) is 1.58. The summed E-state index contributed by atoms with van der Waals surface area (Å²) >= 11 is 0. The average molecular weight is 601 g/mol. The Morgan fingerprint density at radius 3 is 2.25 bits per heavy atom. The first-order chi connectivity index (χ1) is 18.3. The number of aliphatic hydroxyl groups excluding tert-OH is 3. The van der Waals surface area contributed by atoms with Crippen molar-refractivity contribution in [1.29, 1.82) is 0 Å². The zero-order chi connectivity index (χ0) is 30.7. The number of carbonyl (C=O) groups excluding carboxylic acids is 2. The number of nitrogens with one attached hydrogen (secondary N) is 2. The van der Waals surface area contributed by atoms with Gasteiger partial charge in [0.1, 0.15) is 37.1 Å². The molecule has 2 amide bonds. The highest BCUT2D eigenvalue weighted by molar-refractivity contribution is 7.47. The van der Waals surface area contributed by atoms with Gasteiger partial charge in [-0.25, -0.2) is 9.36 Å². The van der Waals surface area contributed by atoms with E-state index in [-0.39, 0.29) is 18.6 Å². The lowest BCUT2D eigenvalue weighted by molar-refractivity contribution is -0.270.